The minimum Gasteiger partial charge on any atom is -0.494 e. The van der Waals surface area contributed by atoms with Gasteiger partial charge in [-0.1, -0.05) is 80.4 Å². The third kappa shape index (κ3) is 2.65. The summed E-state index contributed by atoms with van der Waals surface area (Å²) < 4.78 is 3.50. The van der Waals surface area contributed by atoms with Crippen molar-refractivity contribution in [2.45, 2.75) is 15.6 Å². The van der Waals surface area contributed by atoms with Crippen molar-refractivity contribution < 1.29 is 19.2 Å². The Morgan fingerprint density at radius 3 is 1.74 bits per heavy atom. The number of nitro groups is 1. The van der Waals surface area contributed by atoms with Crippen molar-refractivity contribution in [3.8, 4) is 5.75 Å². The number of nitro benzene ring substituents is 1. The maximum absolute atomic E-state index is 14.1. The van der Waals surface area contributed by atoms with E-state index < -0.39 is 37.2 Å². The first-order valence-corrected chi connectivity index (χ1v) is 12.7. The van der Waals surface area contributed by atoms with Crippen LogP contribution in [0.3, 0.4) is 0 Å². The highest BCUT2D eigenvalue weighted by Gasteiger charge is 2.72. The fourth-order valence-corrected chi connectivity index (χ4v) is 8.30. The molecule has 1 heterocycles. The van der Waals surface area contributed by atoms with Gasteiger partial charge in [0, 0.05) is 0 Å². The van der Waals surface area contributed by atoms with Crippen molar-refractivity contribution in [1.82, 2.24) is 0 Å². The van der Waals surface area contributed by atoms with E-state index in [9.17, 15) is 19.7 Å². The third-order valence-corrected chi connectivity index (χ3v) is 9.98. The van der Waals surface area contributed by atoms with Gasteiger partial charge in [0.2, 0.25) is 11.8 Å². The highest BCUT2D eigenvalue weighted by molar-refractivity contribution is 9.10. The quantitative estimate of drug-likeness (QED) is 0.174. The van der Waals surface area contributed by atoms with Crippen LogP contribution in [0.25, 0.3) is 0 Å². The van der Waals surface area contributed by atoms with E-state index in [1.807, 2.05) is 48.5 Å². The smallest absolute Gasteiger partial charge is 0.297 e. The predicted octanol–water partition coefficient (Wildman–Crippen LogP) is 5.40. The molecule has 1 saturated heterocycles. The number of nitrogens with zero attached hydrogens (tertiary/aromatic N) is 2. The molecule has 9 heteroatoms. The Balaban J connectivity index is 1.60. The molecule has 0 unspecified atom stereocenters. The maximum atomic E-state index is 14.1. The van der Waals surface area contributed by atoms with Gasteiger partial charge in [0.25, 0.3) is 5.69 Å². The van der Waals surface area contributed by atoms with Crippen LogP contribution >= 0.6 is 31.9 Å². The summed E-state index contributed by atoms with van der Waals surface area (Å²) in [6.45, 7) is 2.10. The van der Waals surface area contributed by atoms with Crippen molar-refractivity contribution in [2.75, 3.05) is 11.5 Å². The monoisotopic (exact) mass is 596 g/mol. The molecule has 3 aliphatic carbocycles. The largest absolute Gasteiger partial charge is 0.494 e. The van der Waals surface area contributed by atoms with Gasteiger partial charge in [-0.3, -0.25) is 19.7 Å². The molecule has 2 atom stereocenters. The van der Waals surface area contributed by atoms with Gasteiger partial charge in [0.15, 0.2) is 0 Å². The number of carbonyl (C=O) groups is 2. The molecule has 3 aromatic carbocycles. The Bertz CT molecular complexity index is 1330. The van der Waals surface area contributed by atoms with Gasteiger partial charge in [-0.25, -0.2) is 4.90 Å². The fourth-order valence-electron chi connectivity index (χ4n) is 6.00. The van der Waals surface area contributed by atoms with E-state index in [-0.39, 0.29) is 11.4 Å². The van der Waals surface area contributed by atoms with Crippen LogP contribution in [-0.4, -0.2) is 23.3 Å². The van der Waals surface area contributed by atoms with Gasteiger partial charge >= 0.3 is 0 Å². The number of imide groups is 1. The van der Waals surface area contributed by atoms with Crippen LogP contribution in [0.2, 0.25) is 0 Å². The number of carbonyl (C=O) groups excluding carboxylic acids is 2. The Morgan fingerprint density at radius 1 is 0.886 bits per heavy atom. The van der Waals surface area contributed by atoms with Crippen molar-refractivity contribution in [1.29, 1.82) is 0 Å². The molecule has 7 rings (SSSR count). The molecule has 4 aliphatic rings. The third-order valence-electron chi connectivity index (χ3n) is 7.28. The summed E-state index contributed by atoms with van der Waals surface area (Å²) >= 11 is 7.87. The van der Waals surface area contributed by atoms with Crippen LogP contribution in [0.5, 0.6) is 5.75 Å². The number of amides is 2. The standard InChI is InChI=1S/C26H18Br2N2O5/c1-2-35-14-11-12-19(20(13-14)30(33)34)29-23(31)21-22(24(29)32)26(28)16-8-4-3-7-15(16)25(21,27)17-9-5-6-10-18(17)26/h3-13,21-22H,2H2,1H3/t21-,22+,25?,26?. The van der Waals surface area contributed by atoms with Crippen LogP contribution in [-0.2, 0) is 18.2 Å². The zero-order valence-corrected chi connectivity index (χ0v) is 21.6. The van der Waals surface area contributed by atoms with Gasteiger partial charge in [0.05, 0.1) is 38.1 Å². The van der Waals surface area contributed by atoms with Crippen LogP contribution in [0.1, 0.15) is 29.2 Å². The van der Waals surface area contributed by atoms with Gasteiger partial charge < -0.3 is 4.74 Å². The van der Waals surface area contributed by atoms with Crippen LogP contribution in [0, 0.1) is 22.0 Å². The molecular weight excluding hydrogens is 580 g/mol. The number of alkyl halides is 2. The summed E-state index contributed by atoms with van der Waals surface area (Å²) in [5.74, 6) is -2.25. The average molecular weight is 598 g/mol. The maximum Gasteiger partial charge on any atom is 0.297 e. The zero-order chi connectivity index (χ0) is 24.7. The first kappa shape index (κ1) is 22.4. The first-order valence-electron chi connectivity index (χ1n) is 11.1. The lowest BCUT2D eigenvalue weighted by atomic mass is 9.54. The molecule has 0 aromatic heterocycles. The van der Waals surface area contributed by atoms with Gasteiger partial charge in [-0.05, 0) is 41.3 Å². The molecule has 0 saturated carbocycles. The number of rotatable bonds is 4. The molecule has 0 spiro atoms. The number of anilines is 1. The van der Waals surface area contributed by atoms with Crippen LogP contribution in [0.4, 0.5) is 11.4 Å². The van der Waals surface area contributed by atoms with E-state index in [4.69, 9.17) is 4.74 Å². The van der Waals surface area contributed by atoms with Crippen molar-refractivity contribution in [3.63, 3.8) is 0 Å². The molecule has 2 bridgehead atoms. The lowest BCUT2D eigenvalue weighted by Crippen LogP contribution is -2.56. The second kappa shape index (κ2) is 7.48. The zero-order valence-electron chi connectivity index (χ0n) is 18.4. The average Bonchev–Trinajstić information content (AvgIpc) is 3.13. The molecule has 176 valence electrons. The molecule has 1 fully saturated rings. The van der Waals surface area contributed by atoms with E-state index in [1.54, 1.807) is 13.0 Å². The minimum atomic E-state index is -0.956. The topological polar surface area (TPSA) is 89.8 Å². The first-order chi connectivity index (χ1) is 16.8. The summed E-state index contributed by atoms with van der Waals surface area (Å²) in [6, 6.07) is 19.7. The summed E-state index contributed by atoms with van der Waals surface area (Å²) in [7, 11) is 0. The molecular formula is C26H18Br2N2O5. The normalized spacial score (nSPS) is 27.9. The molecule has 0 N–H and O–H groups in total. The molecule has 0 radical (unpaired) electrons. The summed E-state index contributed by atoms with van der Waals surface area (Å²) in [4.78, 5) is 40.6. The Hall–Kier alpha value is -3.04. The Labute approximate surface area is 217 Å². The highest BCUT2D eigenvalue weighted by atomic mass is 79.9. The summed E-state index contributed by atoms with van der Waals surface area (Å²) in [6.07, 6.45) is 0. The number of benzene rings is 3. The van der Waals surface area contributed by atoms with Crippen molar-refractivity contribution in [2.24, 2.45) is 11.8 Å². The van der Waals surface area contributed by atoms with Crippen molar-refractivity contribution >= 4 is 55.0 Å². The van der Waals surface area contributed by atoms with Crippen molar-refractivity contribution in [3.05, 3.63) is 99.1 Å². The fraction of sp³-hybridized carbons (Fsp3) is 0.231. The second-order valence-electron chi connectivity index (χ2n) is 8.82. The van der Waals surface area contributed by atoms with Crippen LogP contribution in [0.15, 0.2) is 66.7 Å². The van der Waals surface area contributed by atoms with Gasteiger partial charge in [-0.15, -0.1) is 0 Å². The van der Waals surface area contributed by atoms with E-state index in [0.717, 1.165) is 27.2 Å². The SMILES string of the molecule is CCOc1ccc(N2C(=O)[C@@H]3[C@H](C2=O)C2(Br)c4ccccc4C3(Br)c3ccccc32)c([N+](=O)[O-])c1. The summed E-state index contributed by atoms with van der Waals surface area (Å²) in [5.41, 5.74) is 3.21. The van der Waals surface area contributed by atoms with Gasteiger partial charge in [0.1, 0.15) is 11.4 Å². The highest BCUT2D eigenvalue weighted by Crippen LogP contribution is 2.71. The number of hydrogen-bond donors (Lipinski definition) is 0. The molecule has 3 aromatic rings. The lowest BCUT2D eigenvalue weighted by molar-refractivity contribution is -0.384. The lowest BCUT2D eigenvalue weighted by Gasteiger charge is -2.55. The van der Waals surface area contributed by atoms with Crippen LogP contribution < -0.4 is 9.64 Å². The summed E-state index contributed by atoms with van der Waals surface area (Å²) in [5, 5.41) is 12.0. The number of hydrogen-bond acceptors (Lipinski definition) is 5. The Kier molecular flexibility index (Phi) is 4.79. The number of ether oxygens (including phenoxy) is 1. The predicted molar refractivity (Wildman–Crippen MR) is 136 cm³/mol. The second-order valence-corrected chi connectivity index (χ2v) is 11.3. The van der Waals surface area contributed by atoms with E-state index in [2.05, 4.69) is 31.9 Å². The van der Waals surface area contributed by atoms with E-state index >= 15 is 0 Å². The molecule has 1 aliphatic heterocycles. The molecule has 7 nitrogen and oxygen atoms in total. The van der Waals surface area contributed by atoms with E-state index in [0.29, 0.717) is 12.4 Å². The molecule has 35 heavy (non-hydrogen) atoms. The minimum absolute atomic E-state index is 0.0532. The molecule has 2 amide bonds. The Morgan fingerprint density at radius 2 is 1.34 bits per heavy atom. The van der Waals surface area contributed by atoms with Gasteiger partial charge in [-0.2, -0.15) is 0 Å². The number of halogens is 2. The van der Waals surface area contributed by atoms with E-state index in [1.165, 1.54) is 12.1 Å².